The Morgan fingerprint density at radius 3 is 3.20 bits per heavy atom. The number of aromatic nitrogens is 2. The number of rotatable bonds is 6. The van der Waals surface area contributed by atoms with Crippen LogP contribution in [0.25, 0.3) is 0 Å². The van der Waals surface area contributed by atoms with Crippen molar-refractivity contribution in [3.8, 4) is 0 Å². The first-order valence-electron chi connectivity index (χ1n) is 5.53. The van der Waals surface area contributed by atoms with Gasteiger partial charge < -0.3 is 14.6 Å². The second-order valence-corrected chi connectivity index (χ2v) is 3.76. The Hall–Kier alpha value is -0.940. The van der Waals surface area contributed by atoms with E-state index in [1.165, 1.54) is 19.2 Å². The van der Waals surface area contributed by atoms with Crippen LogP contribution in [0, 0.1) is 0 Å². The summed E-state index contributed by atoms with van der Waals surface area (Å²) in [6.07, 6.45) is 6.23. The molecule has 15 heavy (non-hydrogen) atoms. The zero-order valence-corrected chi connectivity index (χ0v) is 8.82. The molecule has 1 atom stereocenters. The molecule has 0 spiro atoms. The monoisotopic (exact) mass is 211 g/mol. The molecule has 1 unspecified atom stereocenters. The molecule has 5 nitrogen and oxygen atoms in total. The predicted octanol–water partition coefficient (Wildman–Crippen LogP) is 0.771. The van der Waals surface area contributed by atoms with E-state index in [1.807, 2.05) is 0 Å². The van der Waals surface area contributed by atoms with Crippen LogP contribution >= 0.6 is 0 Å². The average Bonchev–Trinajstić information content (AvgIpc) is 2.88. The van der Waals surface area contributed by atoms with Crippen LogP contribution in [0.2, 0.25) is 0 Å². The van der Waals surface area contributed by atoms with Crippen LogP contribution in [-0.2, 0) is 11.2 Å². The molecule has 2 heterocycles. The Balaban J connectivity index is 1.48. The third-order valence-corrected chi connectivity index (χ3v) is 2.59. The van der Waals surface area contributed by atoms with Crippen LogP contribution in [0.1, 0.15) is 25.2 Å². The maximum absolute atomic E-state index is 5.52. The number of ether oxygens (including phenoxy) is 1. The van der Waals surface area contributed by atoms with E-state index < -0.39 is 0 Å². The van der Waals surface area contributed by atoms with Crippen LogP contribution in [-0.4, -0.2) is 35.9 Å². The summed E-state index contributed by atoms with van der Waals surface area (Å²) >= 11 is 0. The van der Waals surface area contributed by atoms with Gasteiger partial charge in [-0.25, -0.2) is 0 Å². The van der Waals surface area contributed by atoms with Crippen molar-refractivity contribution in [2.75, 3.05) is 19.7 Å². The molecule has 0 radical (unpaired) electrons. The Morgan fingerprint density at radius 1 is 1.47 bits per heavy atom. The van der Waals surface area contributed by atoms with Crippen LogP contribution in [0.4, 0.5) is 0 Å². The van der Waals surface area contributed by atoms with Gasteiger partial charge >= 0.3 is 0 Å². The fourth-order valence-corrected chi connectivity index (χ4v) is 1.76. The molecule has 1 N–H and O–H groups in total. The van der Waals surface area contributed by atoms with Crippen molar-refractivity contribution >= 4 is 0 Å². The van der Waals surface area contributed by atoms with Gasteiger partial charge in [0.15, 0.2) is 6.33 Å². The van der Waals surface area contributed by atoms with Gasteiger partial charge in [0.2, 0.25) is 5.89 Å². The summed E-state index contributed by atoms with van der Waals surface area (Å²) in [5, 5.41) is 6.89. The normalized spacial score (nSPS) is 20.9. The molecule has 0 aliphatic carbocycles. The maximum Gasteiger partial charge on any atom is 0.227 e. The lowest BCUT2D eigenvalue weighted by Crippen LogP contribution is -2.22. The highest BCUT2D eigenvalue weighted by molar-refractivity contribution is 4.75. The Morgan fingerprint density at radius 2 is 2.47 bits per heavy atom. The topological polar surface area (TPSA) is 60.2 Å². The molecule has 0 bridgehead atoms. The van der Waals surface area contributed by atoms with Gasteiger partial charge in [0.05, 0.1) is 6.10 Å². The Kier molecular flexibility index (Phi) is 4.11. The Labute approximate surface area is 89.2 Å². The molecular weight excluding hydrogens is 194 g/mol. The lowest BCUT2D eigenvalue weighted by Gasteiger charge is -2.08. The highest BCUT2D eigenvalue weighted by Gasteiger charge is 2.14. The van der Waals surface area contributed by atoms with Crippen molar-refractivity contribution in [3.05, 3.63) is 12.2 Å². The zero-order valence-electron chi connectivity index (χ0n) is 8.82. The molecule has 2 rings (SSSR count). The second-order valence-electron chi connectivity index (χ2n) is 3.76. The largest absolute Gasteiger partial charge is 0.378 e. The van der Waals surface area contributed by atoms with Crippen LogP contribution in [0.3, 0.4) is 0 Å². The molecule has 0 aromatic carbocycles. The summed E-state index contributed by atoms with van der Waals surface area (Å²) in [5.41, 5.74) is 0. The molecule has 1 fully saturated rings. The van der Waals surface area contributed by atoms with Gasteiger partial charge in [0.25, 0.3) is 0 Å². The minimum atomic E-state index is 0.473. The van der Waals surface area contributed by atoms with Crippen molar-refractivity contribution in [2.24, 2.45) is 0 Å². The van der Waals surface area contributed by atoms with Gasteiger partial charge in [-0.3, -0.25) is 0 Å². The van der Waals surface area contributed by atoms with E-state index in [4.69, 9.17) is 9.26 Å². The van der Waals surface area contributed by atoms with Crippen molar-refractivity contribution in [2.45, 2.75) is 31.8 Å². The molecule has 1 aliphatic heterocycles. The third-order valence-electron chi connectivity index (χ3n) is 2.59. The molecule has 0 saturated carbocycles. The van der Waals surface area contributed by atoms with Crippen LogP contribution in [0.15, 0.2) is 10.9 Å². The van der Waals surface area contributed by atoms with E-state index in [0.29, 0.717) is 12.0 Å². The van der Waals surface area contributed by atoms with Gasteiger partial charge in [0.1, 0.15) is 0 Å². The lowest BCUT2D eigenvalue weighted by molar-refractivity contribution is 0.104. The number of nitrogens with one attached hydrogen (secondary N) is 1. The molecule has 1 aromatic heterocycles. The standard InChI is InChI=1S/C10H17N3O2/c1-2-9(14-7-1)3-5-11-6-4-10-12-8-13-15-10/h8-9,11H,1-7H2. The first-order chi connectivity index (χ1) is 7.45. The van der Waals surface area contributed by atoms with Gasteiger partial charge in [0, 0.05) is 19.6 Å². The van der Waals surface area contributed by atoms with E-state index >= 15 is 0 Å². The average molecular weight is 211 g/mol. The summed E-state index contributed by atoms with van der Waals surface area (Å²) in [7, 11) is 0. The van der Waals surface area contributed by atoms with E-state index in [-0.39, 0.29) is 0 Å². The van der Waals surface area contributed by atoms with E-state index in [2.05, 4.69) is 15.5 Å². The summed E-state index contributed by atoms with van der Waals surface area (Å²) in [5.74, 6) is 0.694. The van der Waals surface area contributed by atoms with Crippen molar-refractivity contribution in [1.29, 1.82) is 0 Å². The second kappa shape index (κ2) is 5.82. The molecule has 1 saturated heterocycles. The van der Waals surface area contributed by atoms with Gasteiger partial charge in [-0.05, 0) is 25.8 Å². The molecule has 1 aromatic rings. The fourth-order valence-electron chi connectivity index (χ4n) is 1.76. The number of hydrogen-bond acceptors (Lipinski definition) is 5. The van der Waals surface area contributed by atoms with E-state index in [9.17, 15) is 0 Å². The fraction of sp³-hybridized carbons (Fsp3) is 0.800. The minimum absolute atomic E-state index is 0.473. The highest BCUT2D eigenvalue weighted by atomic mass is 16.5. The first-order valence-corrected chi connectivity index (χ1v) is 5.53. The maximum atomic E-state index is 5.52. The molecule has 84 valence electrons. The molecule has 5 heteroatoms. The SMILES string of the molecule is c1noc(CCNCCC2CCCO2)n1. The van der Waals surface area contributed by atoms with Crippen molar-refractivity contribution in [1.82, 2.24) is 15.5 Å². The summed E-state index contributed by atoms with van der Waals surface area (Å²) < 4.78 is 10.4. The quantitative estimate of drug-likeness (QED) is 0.704. The smallest absolute Gasteiger partial charge is 0.227 e. The van der Waals surface area contributed by atoms with Crippen LogP contribution in [0.5, 0.6) is 0 Å². The summed E-state index contributed by atoms with van der Waals surface area (Å²) in [4.78, 5) is 3.95. The first kappa shape index (κ1) is 10.6. The zero-order chi connectivity index (χ0) is 10.3. The van der Waals surface area contributed by atoms with E-state index in [0.717, 1.165) is 32.5 Å². The van der Waals surface area contributed by atoms with Gasteiger partial charge in [-0.15, -0.1) is 0 Å². The predicted molar refractivity (Wildman–Crippen MR) is 54.5 cm³/mol. The summed E-state index contributed by atoms with van der Waals surface area (Å²) in [6.45, 7) is 2.82. The highest BCUT2D eigenvalue weighted by Crippen LogP contribution is 2.14. The third kappa shape index (κ3) is 3.60. The minimum Gasteiger partial charge on any atom is -0.378 e. The summed E-state index contributed by atoms with van der Waals surface area (Å²) in [6, 6.07) is 0. The van der Waals surface area contributed by atoms with Crippen molar-refractivity contribution < 1.29 is 9.26 Å². The van der Waals surface area contributed by atoms with Crippen LogP contribution < -0.4 is 5.32 Å². The lowest BCUT2D eigenvalue weighted by atomic mass is 10.2. The van der Waals surface area contributed by atoms with Gasteiger partial charge in [-0.1, -0.05) is 5.16 Å². The molecule has 1 aliphatic rings. The van der Waals surface area contributed by atoms with Gasteiger partial charge in [-0.2, -0.15) is 4.98 Å². The van der Waals surface area contributed by atoms with Crippen molar-refractivity contribution in [3.63, 3.8) is 0 Å². The Bertz CT molecular complexity index is 258. The number of hydrogen-bond donors (Lipinski definition) is 1. The molecule has 0 amide bonds. The number of nitrogens with zero attached hydrogens (tertiary/aromatic N) is 2. The molecular formula is C10H17N3O2. The van der Waals surface area contributed by atoms with E-state index in [1.54, 1.807) is 0 Å².